The van der Waals surface area contributed by atoms with Crippen molar-refractivity contribution >= 4 is 29.6 Å². The van der Waals surface area contributed by atoms with Crippen molar-refractivity contribution in [2.45, 2.75) is 50.3 Å². The number of H-pyrrole nitrogens is 1. The zero-order valence-electron chi connectivity index (χ0n) is 19.9. The first kappa shape index (κ1) is 23.0. The average molecular weight is 476 g/mol. The first-order valence-corrected chi connectivity index (χ1v) is 13.1. The number of aromatic nitrogens is 2. The van der Waals surface area contributed by atoms with Gasteiger partial charge in [-0.1, -0.05) is 43.0 Å². The molecule has 3 aliphatic heterocycles. The standard InChI is InChI=1S/C27H33N5OS/c1-3-21-22(16-19(2)33-15-9-14-32-12-7-4-8-13-32)29-27(28-21)24-18-26-23(30-31-24)17-20-10-5-6-11-25(20)34-26/h3,5-6,10-11,16,30H,1,4,7-9,12-15,17-18H2,2H3,(H,28,29)/b19-16+. The summed E-state index contributed by atoms with van der Waals surface area (Å²) in [6, 6.07) is 8.57. The number of aromatic amines is 1. The molecular formula is C27H33N5OS. The summed E-state index contributed by atoms with van der Waals surface area (Å²) in [4.78, 5) is 13.4. The van der Waals surface area contributed by atoms with E-state index in [4.69, 9.17) is 9.72 Å². The molecule has 0 atom stereocenters. The Labute approximate surface area is 206 Å². The van der Waals surface area contributed by atoms with Crippen LogP contribution in [0.1, 0.15) is 61.8 Å². The van der Waals surface area contributed by atoms with E-state index in [9.17, 15) is 0 Å². The van der Waals surface area contributed by atoms with Crippen molar-refractivity contribution in [2.75, 3.05) is 26.2 Å². The Bertz CT molecular complexity index is 1140. The number of piperidine rings is 1. The number of hydrazone groups is 1. The fourth-order valence-corrected chi connectivity index (χ4v) is 5.83. The van der Waals surface area contributed by atoms with Crippen molar-refractivity contribution < 1.29 is 4.74 Å². The van der Waals surface area contributed by atoms with Crippen LogP contribution in [0.3, 0.4) is 0 Å². The number of likely N-dealkylation sites (tertiary alicyclic amines) is 1. The highest BCUT2D eigenvalue weighted by Crippen LogP contribution is 2.40. The topological polar surface area (TPSA) is 65.5 Å². The van der Waals surface area contributed by atoms with Gasteiger partial charge in [-0.15, -0.1) is 0 Å². The van der Waals surface area contributed by atoms with Gasteiger partial charge in [-0.2, -0.15) is 5.10 Å². The molecule has 1 aromatic carbocycles. The molecule has 0 saturated carbocycles. The third-order valence-corrected chi connectivity index (χ3v) is 7.79. The lowest BCUT2D eigenvalue weighted by molar-refractivity contribution is 0.172. The zero-order valence-corrected chi connectivity index (χ0v) is 20.7. The van der Waals surface area contributed by atoms with Crippen molar-refractivity contribution in [1.82, 2.24) is 20.3 Å². The number of fused-ring (bicyclic) bond motifs is 1. The minimum absolute atomic E-state index is 0.732. The molecule has 5 rings (SSSR count). The number of hydrogen-bond donors (Lipinski definition) is 2. The highest BCUT2D eigenvalue weighted by Gasteiger charge is 2.25. The van der Waals surface area contributed by atoms with Crippen LogP contribution in [-0.4, -0.2) is 46.8 Å². The van der Waals surface area contributed by atoms with Crippen molar-refractivity contribution in [3.8, 4) is 0 Å². The van der Waals surface area contributed by atoms with Gasteiger partial charge < -0.3 is 14.6 Å². The largest absolute Gasteiger partial charge is 0.498 e. The van der Waals surface area contributed by atoms with Crippen LogP contribution in [0.25, 0.3) is 12.2 Å². The molecule has 0 aliphatic carbocycles. The molecule has 0 unspecified atom stereocenters. The minimum Gasteiger partial charge on any atom is -0.498 e. The molecule has 1 fully saturated rings. The number of imidazole rings is 1. The van der Waals surface area contributed by atoms with Gasteiger partial charge in [-0.3, -0.25) is 5.43 Å². The SMILES string of the molecule is C=Cc1nc(C2=NNC3=C(C2)Sc2ccccc2C3)[nH]c1/C=C(\C)OCCCN1CCCCC1. The van der Waals surface area contributed by atoms with Gasteiger partial charge in [-0.05, 0) is 57.0 Å². The van der Waals surface area contributed by atoms with E-state index in [1.54, 1.807) is 6.08 Å². The summed E-state index contributed by atoms with van der Waals surface area (Å²) in [7, 11) is 0. The Morgan fingerprint density at radius 2 is 2.06 bits per heavy atom. The van der Waals surface area contributed by atoms with E-state index in [0.717, 1.165) is 61.1 Å². The summed E-state index contributed by atoms with van der Waals surface area (Å²) >= 11 is 1.83. The second kappa shape index (κ2) is 10.7. The molecule has 0 radical (unpaired) electrons. The maximum atomic E-state index is 5.99. The first-order valence-electron chi connectivity index (χ1n) is 12.3. The highest BCUT2D eigenvalue weighted by molar-refractivity contribution is 8.03. The molecule has 4 heterocycles. The maximum Gasteiger partial charge on any atom is 0.155 e. The van der Waals surface area contributed by atoms with Gasteiger partial charge in [0.15, 0.2) is 5.82 Å². The fraction of sp³-hybridized carbons (Fsp3) is 0.407. The van der Waals surface area contributed by atoms with E-state index >= 15 is 0 Å². The number of rotatable bonds is 8. The number of ether oxygens (including phenoxy) is 1. The van der Waals surface area contributed by atoms with Crippen molar-refractivity contribution in [3.63, 3.8) is 0 Å². The maximum absolute atomic E-state index is 5.99. The fourth-order valence-electron chi connectivity index (χ4n) is 4.69. The van der Waals surface area contributed by atoms with Gasteiger partial charge in [0.05, 0.1) is 23.8 Å². The van der Waals surface area contributed by atoms with E-state index in [-0.39, 0.29) is 0 Å². The van der Waals surface area contributed by atoms with Crippen LogP contribution in [0.2, 0.25) is 0 Å². The highest BCUT2D eigenvalue weighted by atomic mass is 32.2. The van der Waals surface area contributed by atoms with E-state index < -0.39 is 0 Å². The molecule has 7 heteroatoms. The molecule has 2 aromatic rings. The predicted octanol–water partition coefficient (Wildman–Crippen LogP) is 5.56. The van der Waals surface area contributed by atoms with Crippen LogP contribution in [-0.2, 0) is 11.2 Å². The molecule has 178 valence electrons. The summed E-state index contributed by atoms with van der Waals surface area (Å²) in [6.45, 7) is 10.3. The molecule has 0 amide bonds. The predicted molar refractivity (Wildman–Crippen MR) is 141 cm³/mol. The second-order valence-electron chi connectivity index (χ2n) is 9.08. The van der Waals surface area contributed by atoms with Crippen molar-refractivity contribution in [3.05, 3.63) is 70.0 Å². The molecule has 0 bridgehead atoms. The lowest BCUT2D eigenvalue weighted by atomic mass is 10.1. The molecule has 3 aliphatic rings. The van der Waals surface area contributed by atoms with E-state index in [1.165, 1.54) is 53.4 Å². The number of nitrogens with zero attached hydrogens (tertiary/aromatic N) is 3. The van der Waals surface area contributed by atoms with Crippen molar-refractivity contribution in [2.24, 2.45) is 5.10 Å². The molecular weight excluding hydrogens is 442 g/mol. The van der Waals surface area contributed by atoms with Crippen LogP contribution in [0.15, 0.2) is 57.2 Å². The van der Waals surface area contributed by atoms with E-state index in [2.05, 4.69) is 51.3 Å². The Morgan fingerprint density at radius 1 is 1.21 bits per heavy atom. The molecule has 1 saturated heterocycles. The Morgan fingerprint density at radius 3 is 2.91 bits per heavy atom. The Balaban J connectivity index is 1.20. The van der Waals surface area contributed by atoms with Gasteiger partial charge >= 0.3 is 0 Å². The van der Waals surface area contributed by atoms with Gasteiger partial charge in [0, 0.05) is 41.0 Å². The molecule has 6 nitrogen and oxygen atoms in total. The summed E-state index contributed by atoms with van der Waals surface area (Å²) in [5, 5.41) is 4.64. The van der Waals surface area contributed by atoms with Crippen LogP contribution < -0.4 is 5.43 Å². The van der Waals surface area contributed by atoms with Crippen molar-refractivity contribution in [1.29, 1.82) is 0 Å². The Hall–Kier alpha value is -2.77. The van der Waals surface area contributed by atoms with Gasteiger partial charge in [-0.25, -0.2) is 4.98 Å². The molecule has 0 spiro atoms. The zero-order chi connectivity index (χ0) is 23.3. The summed E-state index contributed by atoms with van der Waals surface area (Å²) in [5.41, 5.74) is 8.45. The number of nitrogens with one attached hydrogen (secondary N) is 2. The number of benzene rings is 1. The first-order chi connectivity index (χ1) is 16.7. The summed E-state index contributed by atoms with van der Waals surface area (Å²) < 4.78 is 5.99. The lowest BCUT2D eigenvalue weighted by Crippen LogP contribution is -2.31. The minimum atomic E-state index is 0.732. The van der Waals surface area contributed by atoms with E-state index in [1.807, 2.05) is 24.8 Å². The lowest BCUT2D eigenvalue weighted by Gasteiger charge is -2.26. The van der Waals surface area contributed by atoms with Crippen LogP contribution in [0, 0.1) is 0 Å². The third-order valence-electron chi connectivity index (χ3n) is 6.54. The quantitative estimate of drug-likeness (QED) is 0.386. The number of thioether (sulfide) groups is 1. The normalized spacial score (nSPS) is 18.6. The third kappa shape index (κ3) is 5.31. The van der Waals surface area contributed by atoms with Gasteiger partial charge in [0.25, 0.3) is 0 Å². The monoisotopic (exact) mass is 475 g/mol. The smallest absolute Gasteiger partial charge is 0.155 e. The van der Waals surface area contributed by atoms with Crippen LogP contribution in [0.4, 0.5) is 0 Å². The Kier molecular flexibility index (Phi) is 7.21. The number of hydrogen-bond acceptors (Lipinski definition) is 6. The molecule has 2 N–H and O–H groups in total. The van der Waals surface area contributed by atoms with Gasteiger partial charge in [0.2, 0.25) is 0 Å². The average Bonchev–Trinajstić information content (AvgIpc) is 3.28. The molecule has 34 heavy (non-hydrogen) atoms. The number of allylic oxidation sites excluding steroid dienone is 3. The summed E-state index contributed by atoms with van der Waals surface area (Å²) in [6.07, 6.45) is 10.5. The van der Waals surface area contributed by atoms with Crippen LogP contribution in [0.5, 0.6) is 0 Å². The second-order valence-corrected chi connectivity index (χ2v) is 10.2. The molecule has 1 aromatic heterocycles. The van der Waals surface area contributed by atoms with Crippen LogP contribution >= 0.6 is 11.8 Å². The van der Waals surface area contributed by atoms with E-state index in [0.29, 0.717) is 0 Å². The van der Waals surface area contributed by atoms with Gasteiger partial charge in [0.1, 0.15) is 5.71 Å². The summed E-state index contributed by atoms with van der Waals surface area (Å²) in [5.74, 6) is 1.66.